The van der Waals surface area contributed by atoms with Gasteiger partial charge in [0.2, 0.25) is 0 Å². The van der Waals surface area contributed by atoms with Gasteiger partial charge in [-0.05, 0) is 38.1 Å². The van der Waals surface area contributed by atoms with Crippen LogP contribution in [-0.2, 0) is 6.61 Å². The predicted molar refractivity (Wildman–Crippen MR) is 58.2 cm³/mol. The molecule has 16 heavy (non-hydrogen) atoms. The SMILES string of the molecule is Cc1ccc(C=O)o1.Cc1ccc(CO)o1. The minimum absolute atomic E-state index is 0.00611. The minimum Gasteiger partial charge on any atom is -0.464 e. The van der Waals surface area contributed by atoms with Crippen molar-refractivity contribution in [2.45, 2.75) is 20.5 Å². The van der Waals surface area contributed by atoms with E-state index in [9.17, 15) is 4.79 Å². The maximum Gasteiger partial charge on any atom is 0.185 e. The molecule has 2 aromatic rings. The van der Waals surface area contributed by atoms with E-state index >= 15 is 0 Å². The summed E-state index contributed by atoms with van der Waals surface area (Å²) in [6.07, 6.45) is 0.688. The molecule has 2 rings (SSSR count). The fraction of sp³-hybridized carbons (Fsp3) is 0.250. The van der Waals surface area contributed by atoms with Crippen LogP contribution in [0, 0.1) is 13.8 Å². The Hall–Kier alpha value is -1.81. The fourth-order valence-corrected chi connectivity index (χ4v) is 1.09. The lowest BCUT2D eigenvalue weighted by Gasteiger charge is -1.82. The van der Waals surface area contributed by atoms with Crippen molar-refractivity contribution in [1.82, 2.24) is 0 Å². The quantitative estimate of drug-likeness (QED) is 0.793. The van der Waals surface area contributed by atoms with Crippen LogP contribution in [0.2, 0.25) is 0 Å². The van der Waals surface area contributed by atoms with Gasteiger partial charge in [-0.1, -0.05) is 0 Å². The van der Waals surface area contributed by atoms with E-state index in [2.05, 4.69) is 0 Å². The third kappa shape index (κ3) is 3.74. The van der Waals surface area contributed by atoms with Gasteiger partial charge in [0, 0.05) is 0 Å². The smallest absolute Gasteiger partial charge is 0.185 e. The van der Waals surface area contributed by atoms with Crippen molar-refractivity contribution in [3.8, 4) is 0 Å². The predicted octanol–water partition coefficient (Wildman–Crippen LogP) is 2.48. The van der Waals surface area contributed by atoms with Gasteiger partial charge in [0.1, 0.15) is 23.9 Å². The third-order valence-corrected chi connectivity index (χ3v) is 1.83. The van der Waals surface area contributed by atoms with Crippen LogP contribution < -0.4 is 0 Å². The van der Waals surface area contributed by atoms with Gasteiger partial charge in [-0.3, -0.25) is 4.79 Å². The number of aryl methyl sites for hydroxylation is 2. The van der Waals surface area contributed by atoms with Crippen LogP contribution in [-0.4, -0.2) is 11.4 Å². The number of carbonyl (C=O) groups is 1. The molecule has 0 spiro atoms. The summed E-state index contributed by atoms with van der Waals surface area (Å²) in [5.41, 5.74) is 0. The molecule has 4 heteroatoms. The fourth-order valence-electron chi connectivity index (χ4n) is 1.09. The van der Waals surface area contributed by atoms with E-state index in [1.54, 1.807) is 25.1 Å². The van der Waals surface area contributed by atoms with Gasteiger partial charge in [0.25, 0.3) is 0 Å². The number of furan rings is 2. The van der Waals surface area contributed by atoms with E-state index < -0.39 is 0 Å². The zero-order valence-electron chi connectivity index (χ0n) is 9.27. The number of hydrogen-bond donors (Lipinski definition) is 1. The molecule has 0 amide bonds. The van der Waals surface area contributed by atoms with E-state index in [1.165, 1.54) is 0 Å². The van der Waals surface area contributed by atoms with Crippen molar-refractivity contribution in [3.05, 3.63) is 47.3 Å². The van der Waals surface area contributed by atoms with Crippen molar-refractivity contribution in [1.29, 1.82) is 0 Å². The number of aldehydes is 1. The van der Waals surface area contributed by atoms with Crippen LogP contribution in [0.25, 0.3) is 0 Å². The highest BCUT2D eigenvalue weighted by Crippen LogP contribution is 2.04. The highest BCUT2D eigenvalue weighted by atomic mass is 16.4. The van der Waals surface area contributed by atoms with Gasteiger partial charge in [-0.15, -0.1) is 0 Å². The van der Waals surface area contributed by atoms with E-state index in [4.69, 9.17) is 13.9 Å². The van der Waals surface area contributed by atoms with Gasteiger partial charge in [-0.2, -0.15) is 0 Å². The van der Waals surface area contributed by atoms with Gasteiger partial charge in [0.15, 0.2) is 12.0 Å². The Morgan fingerprint density at radius 2 is 1.75 bits per heavy atom. The summed E-state index contributed by atoms with van der Waals surface area (Å²) in [5.74, 6) is 2.63. The first-order valence-corrected chi connectivity index (χ1v) is 4.83. The van der Waals surface area contributed by atoms with E-state index in [1.807, 2.05) is 13.0 Å². The molecule has 0 radical (unpaired) electrons. The number of aliphatic hydroxyl groups is 1. The molecule has 0 aliphatic carbocycles. The molecule has 0 aliphatic heterocycles. The summed E-state index contributed by atoms with van der Waals surface area (Å²) in [6, 6.07) is 6.98. The zero-order valence-corrected chi connectivity index (χ0v) is 9.27. The lowest BCUT2D eigenvalue weighted by molar-refractivity contribution is 0.109. The Morgan fingerprint density at radius 3 is 2.00 bits per heavy atom. The Morgan fingerprint density at radius 1 is 1.12 bits per heavy atom. The topological polar surface area (TPSA) is 63.6 Å². The Labute approximate surface area is 93.5 Å². The maximum atomic E-state index is 9.93. The van der Waals surface area contributed by atoms with Gasteiger partial charge in [-0.25, -0.2) is 0 Å². The van der Waals surface area contributed by atoms with Gasteiger partial charge < -0.3 is 13.9 Å². The third-order valence-electron chi connectivity index (χ3n) is 1.83. The minimum atomic E-state index is -0.00611. The molecule has 0 aromatic carbocycles. The average molecular weight is 222 g/mol. The highest BCUT2D eigenvalue weighted by Gasteiger charge is 1.92. The summed E-state index contributed by atoms with van der Waals surface area (Å²) < 4.78 is 9.85. The molecule has 0 fully saturated rings. The maximum absolute atomic E-state index is 9.93. The monoisotopic (exact) mass is 222 g/mol. The number of rotatable bonds is 2. The average Bonchev–Trinajstić information content (AvgIpc) is 2.88. The molecule has 2 heterocycles. The van der Waals surface area contributed by atoms with Crippen molar-refractivity contribution < 1.29 is 18.7 Å². The molecule has 0 bridgehead atoms. The number of hydrogen-bond acceptors (Lipinski definition) is 4. The standard InChI is InChI=1S/C6H8O2.C6H6O2/c2*1-5-2-3-6(4-7)8-5/h2-3,7H,4H2,1H3;2-4H,1H3. The van der Waals surface area contributed by atoms with Crippen molar-refractivity contribution in [3.63, 3.8) is 0 Å². The van der Waals surface area contributed by atoms with Crippen LogP contribution in [0.15, 0.2) is 33.1 Å². The summed E-state index contributed by atoms with van der Waals surface area (Å²) in [6.45, 7) is 3.64. The highest BCUT2D eigenvalue weighted by molar-refractivity contribution is 5.70. The van der Waals surface area contributed by atoms with E-state index in [0.717, 1.165) is 11.5 Å². The molecular weight excluding hydrogens is 208 g/mol. The Bertz CT molecular complexity index is 439. The van der Waals surface area contributed by atoms with Gasteiger partial charge in [0.05, 0.1) is 0 Å². The second-order valence-electron chi connectivity index (χ2n) is 3.24. The molecule has 1 N–H and O–H groups in total. The van der Waals surface area contributed by atoms with Gasteiger partial charge >= 0.3 is 0 Å². The Kier molecular flexibility index (Phi) is 4.54. The zero-order chi connectivity index (χ0) is 12.0. The summed E-state index contributed by atoms with van der Waals surface area (Å²) >= 11 is 0. The normalized spacial score (nSPS) is 9.44. The van der Waals surface area contributed by atoms with E-state index in [-0.39, 0.29) is 6.61 Å². The van der Waals surface area contributed by atoms with Crippen LogP contribution in [0.5, 0.6) is 0 Å². The number of carbonyl (C=O) groups excluding carboxylic acids is 1. The van der Waals surface area contributed by atoms with Crippen molar-refractivity contribution in [2.24, 2.45) is 0 Å². The first-order valence-electron chi connectivity index (χ1n) is 4.83. The van der Waals surface area contributed by atoms with Crippen LogP contribution >= 0.6 is 0 Å². The molecule has 2 aromatic heterocycles. The molecule has 0 atom stereocenters. The summed E-state index contributed by atoms with van der Waals surface area (Å²) in [7, 11) is 0. The first kappa shape index (κ1) is 12.3. The Balaban J connectivity index is 0.000000160. The van der Waals surface area contributed by atoms with Crippen molar-refractivity contribution >= 4 is 6.29 Å². The lowest BCUT2D eigenvalue weighted by Crippen LogP contribution is -1.73. The van der Waals surface area contributed by atoms with Crippen LogP contribution in [0.4, 0.5) is 0 Å². The summed E-state index contributed by atoms with van der Waals surface area (Å²) in [5, 5.41) is 8.46. The second kappa shape index (κ2) is 5.92. The summed E-state index contributed by atoms with van der Waals surface area (Å²) in [4.78, 5) is 9.93. The molecule has 0 unspecified atom stereocenters. The van der Waals surface area contributed by atoms with E-state index in [0.29, 0.717) is 17.8 Å². The molecule has 86 valence electrons. The molecule has 0 saturated carbocycles. The van der Waals surface area contributed by atoms with Crippen LogP contribution in [0.3, 0.4) is 0 Å². The first-order chi connectivity index (χ1) is 7.65. The molecule has 4 nitrogen and oxygen atoms in total. The molecular formula is C12H14O4. The lowest BCUT2D eigenvalue weighted by atomic mass is 10.4. The van der Waals surface area contributed by atoms with Crippen LogP contribution in [0.1, 0.15) is 27.8 Å². The van der Waals surface area contributed by atoms with Crippen molar-refractivity contribution in [2.75, 3.05) is 0 Å². The second-order valence-corrected chi connectivity index (χ2v) is 3.24. The number of aliphatic hydroxyl groups excluding tert-OH is 1. The largest absolute Gasteiger partial charge is 0.464 e. The molecule has 0 saturated heterocycles. The molecule has 0 aliphatic rings.